The van der Waals surface area contributed by atoms with Gasteiger partial charge in [-0.05, 0) is 25.8 Å². The Labute approximate surface area is 87.4 Å². The topological polar surface area (TPSA) is 37.4 Å². The molecule has 0 aromatic rings. The van der Waals surface area contributed by atoms with Crippen molar-refractivity contribution < 1.29 is 8.42 Å². The summed E-state index contributed by atoms with van der Waals surface area (Å²) >= 11 is 0. The van der Waals surface area contributed by atoms with Crippen LogP contribution in [0.4, 0.5) is 0 Å². The number of rotatable bonds is 0. The second-order valence-corrected chi connectivity index (χ2v) is 7.82. The number of hydrogen-bond donors (Lipinski definition) is 0. The molecule has 0 bridgehead atoms. The third-order valence-corrected chi connectivity index (χ3v) is 5.05. The van der Waals surface area contributed by atoms with Crippen molar-refractivity contribution in [2.24, 2.45) is 5.41 Å². The van der Waals surface area contributed by atoms with Crippen molar-refractivity contribution in [3.63, 3.8) is 0 Å². The van der Waals surface area contributed by atoms with Crippen LogP contribution < -0.4 is 0 Å². The summed E-state index contributed by atoms with van der Waals surface area (Å²) in [5.41, 5.74) is 0.0989. The molecule has 1 rings (SSSR count). The van der Waals surface area contributed by atoms with Gasteiger partial charge < -0.3 is 4.90 Å². The van der Waals surface area contributed by atoms with Crippen molar-refractivity contribution in [1.29, 1.82) is 0 Å². The summed E-state index contributed by atoms with van der Waals surface area (Å²) < 4.78 is 23.5. The summed E-state index contributed by atoms with van der Waals surface area (Å²) in [5.74, 6) is 0.306. The first-order valence-corrected chi connectivity index (χ1v) is 6.85. The highest BCUT2D eigenvalue weighted by Crippen LogP contribution is 2.28. The molecule has 1 atom stereocenters. The van der Waals surface area contributed by atoms with Crippen LogP contribution in [0.2, 0.25) is 0 Å². The second kappa shape index (κ2) is 3.81. The fourth-order valence-corrected chi connectivity index (χ4v) is 3.94. The van der Waals surface area contributed by atoms with Gasteiger partial charge in [-0.2, -0.15) is 0 Å². The molecule has 0 aromatic carbocycles. The normalized spacial score (nSPS) is 33.3. The number of sulfone groups is 1. The van der Waals surface area contributed by atoms with E-state index >= 15 is 0 Å². The quantitative estimate of drug-likeness (QED) is 0.613. The van der Waals surface area contributed by atoms with E-state index in [0.717, 1.165) is 13.0 Å². The Morgan fingerprint density at radius 3 is 2.50 bits per heavy atom. The van der Waals surface area contributed by atoms with Gasteiger partial charge in [-0.25, -0.2) is 8.42 Å². The Balaban J connectivity index is 2.86. The Morgan fingerprint density at radius 2 is 1.93 bits per heavy atom. The minimum absolute atomic E-state index is 0.0989. The summed E-state index contributed by atoms with van der Waals surface area (Å²) in [5, 5.41) is -0.189. The predicted molar refractivity (Wildman–Crippen MR) is 59.1 cm³/mol. The average molecular weight is 219 g/mol. The standard InChI is InChI=1S/C10H21NO2S/c1-9-7-10(2,3)8-11(4)5-6-14(9,12)13/h9H,5-8H2,1-4H3. The molecular weight excluding hydrogens is 198 g/mol. The maximum atomic E-state index is 11.8. The van der Waals surface area contributed by atoms with Gasteiger partial charge in [0.1, 0.15) is 0 Å². The third-order valence-electron chi connectivity index (χ3n) is 2.91. The molecule has 0 spiro atoms. The fraction of sp³-hybridized carbons (Fsp3) is 1.00. The van der Waals surface area contributed by atoms with Crippen molar-refractivity contribution in [3.05, 3.63) is 0 Å². The van der Waals surface area contributed by atoms with Crippen LogP contribution in [-0.4, -0.2) is 44.5 Å². The molecule has 0 amide bonds. The zero-order valence-electron chi connectivity index (χ0n) is 9.58. The zero-order chi connectivity index (χ0) is 11.0. The maximum Gasteiger partial charge on any atom is 0.154 e. The van der Waals surface area contributed by atoms with Crippen LogP contribution >= 0.6 is 0 Å². The Hall–Kier alpha value is -0.0900. The van der Waals surface area contributed by atoms with E-state index in [1.807, 2.05) is 14.0 Å². The van der Waals surface area contributed by atoms with E-state index in [-0.39, 0.29) is 10.7 Å². The van der Waals surface area contributed by atoms with E-state index in [9.17, 15) is 8.42 Å². The van der Waals surface area contributed by atoms with Crippen LogP contribution in [0, 0.1) is 5.41 Å². The van der Waals surface area contributed by atoms with Crippen LogP contribution in [0.3, 0.4) is 0 Å². The lowest BCUT2D eigenvalue weighted by Gasteiger charge is -2.35. The lowest BCUT2D eigenvalue weighted by Crippen LogP contribution is -2.42. The van der Waals surface area contributed by atoms with E-state index in [4.69, 9.17) is 0 Å². The molecule has 0 aromatic heterocycles. The highest BCUT2D eigenvalue weighted by Gasteiger charge is 2.32. The Bertz CT molecular complexity index is 295. The summed E-state index contributed by atoms with van der Waals surface area (Å²) in [4.78, 5) is 2.11. The molecule has 84 valence electrons. The van der Waals surface area contributed by atoms with Crippen LogP contribution in [0.1, 0.15) is 27.2 Å². The van der Waals surface area contributed by atoms with E-state index in [0.29, 0.717) is 12.3 Å². The smallest absolute Gasteiger partial charge is 0.154 e. The van der Waals surface area contributed by atoms with Gasteiger partial charge >= 0.3 is 0 Å². The molecular formula is C10H21NO2S. The van der Waals surface area contributed by atoms with Gasteiger partial charge in [0.05, 0.1) is 11.0 Å². The van der Waals surface area contributed by atoms with Crippen molar-refractivity contribution in [2.75, 3.05) is 25.9 Å². The van der Waals surface area contributed by atoms with Crippen molar-refractivity contribution >= 4 is 9.84 Å². The molecule has 3 nitrogen and oxygen atoms in total. The van der Waals surface area contributed by atoms with Crippen molar-refractivity contribution in [3.8, 4) is 0 Å². The van der Waals surface area contributed by atoms with Gasteiger partial charge in [0, 0.05) is 13.1 Å². The summed E-state index contributed by atoms with van der Waals surface area (Å²) in [6.07, 6.45) is 0.764. The highest BCUT2D eigenvalue weighted by molar-refractivity contribution is 7.92. The SMILES string of the molecule is CC1CC(C)(C)CN(C)CCS1(=O)=O. The predicted octanol–water partition coefficient (Wildman–Crippen LogP) is 1.15. The first-order valence-electron chi connectivity index (χ1n) is 5.13. The van der Waals surface area contributed by atoms with Crippen molar-refractivity contribution in [2.45, 2.75) is 32.4 Å². The highest BCUT2D eigenvalue weighted by atomic mass is 32.2. The van der Waals surface area contributed by atoms with Crippen LogP contribution in [0.5, 0.6) is 0 Å². The van der Waals surface area contributed by atoms with E-state index in [1.54, 1.807) is 0 Å². The van der Waals surface area contributed by atoms with Gasteiger partial charge in [-0.1, -0.05) is 13.8 Å². The third kappa shape index (κ3) is 2.95. The van der Waals surface area contributed by atoms with Gasteiger partial charge in [-0.15, -0.1) is 0 Å². The molecule has 14 heavy (non-hydrogen) atoms. The van der Waals surface area contributed by atoms with E-state index < -0.39 is 9.84 Å². The molecule has 1 aliphatic heterocycles. The minimum atomic E-state index is -2.87. The number of hydrogen-bond acceptors (Lipinski definition) is 3. The largest absolute Gasteiger partial charge is 0.305 e. The minimum Gasteiger partial charge on any atom is -0.305 e. The summed E-state index contributed by atoms with van der Waals surface area (Å²) in [6, 6.07) is 0. The fourth-order valence-electron chi connectivity index (χ4n) is 2.26. The second-order valence-electron chi connectivity index (χ2n) is 5.28. The lowest BCUT2D eigenvalue weighted by molar-refractivity contribution is 0.199. The molecule has 1 saturated heterocycles. The van der Waals surface area contributed by atoms with Gasteiger partial charge in [0.25, 0.3) is 0 Å². The maximum absolute atomic E-state index is 11.8. The van der Waals surface area contributed by atoms with E-state index in [1.165, 1.54) is 0 Å². The van der Waals surface area contributed by atoms with Gasteiger partial charge in [-0.3, -0.25) is 0 Å². The first-order chi connectivity index (χ1) is 6.23. The molecule has 0 radical (unpaired) electrons. The van der Waals surface area contributed by atoms with Crippen LogP contribution in [0.25, 0.3) is 0 Å². The summed E-state index contributed by atoms with van der Waals surface area (Å²) in [7, 11) is -0.874. The first kappa shape index (κ1) is 12.0. The molecule has 4 heteroatoms. The number of nitrogens with zero attached hydrogens (tertiary/aromatic N) is 1. The molecule has 0 aliphatic carbocycles. The van der Waals surface area contributed by atoms with Gasteiger partial charge in [0.15, 0.2) is 9.84 Å². The van der Waals surface area contributed by atoms with Crippen LogP contribution in [-0.2, 0) is 9.84 Å². The Kier molecular flexibility index (Phi) is 3.26. The average Bonchev–Trinajstić information content (AvgIpc) is 1.98. The lowest BCUT2D eigenvalue weighted by atomic mass is 9.87. The summed E-state index contributed by atoms with van der Waals surface area (Å²) in [6.45, 7) is 7.76. The Morgan fingerprint density at radius 1 is 1.36 bits per heavy atom. The van der Waals surface area contributed by atoms with E-state index in [2.05, 4.69) is 18.7 Å². The van der Waals surface area contributed by atoms with Crippen LogP contribution in [0.15, 0.2) is 0 Å². The monoisotopic (exact) mass is 219 g/mol. The molecule has 0 N–H and O–H groups in total. The van der Waals surface area contributed by atoms with Gasteiger partial charge in [0.2, 0.25) is 0 Å². The molecule has 1 fully saturated rings. The molecule has 1 unspecified atom stereocenters. The molecule has 1 heterocycles. The molecule has 0 saturated carbocycles. The zero-order valence-corrected chi connectivity index (χ0v) is 10.4. The van der Waals surface area contributed by atoms with Crippen molar-refractivity contribution in [1.82, 2.24) is 4.90 Å². The molecule has 1 aliphatic rings.